The number of carbonyl (C=O) groups is 2. The molecule has 1 aliphatic heterocycles. The molecule has 1 heterocycles. The Hall–Kier alpha value is -2.62. The molecule has 2 unspecified atom stereocenters. The maximum atomic E-state index is 12.7. The molecule has 0 bridgehead atoms. The number of hydrogen-bond acceptors (Lipinski definition) is 2. The van der Waals surface area contributed by atoms with E-state index in [0.29, 0.717) is 6.42 Å². The van der Waals surface area contributed by atoms with Crippen molar-refractivity contribution in [3.05, 3.63) is 59.7 Å². The van der Waals surface area contributed by atoms with E-state index in [2.05, 4.69) is 11.4 Å². The highest BCUT2D eigenvalue weighted by molar-refractivity contribution is 6.05. The van der Waals surface area contributed by atoms with Crippen molar-refractivity contribution >= 4 is 23.2 Å². The maximum absolute atomic E-state index is 12.7. The molecule has 0 radical (unpaired) electrons. The molecule has 122 valence electrons. The second kappa shape index (κ2) is 5.78. The molecular formula is C20H20N2O2. The Balaban J connectivity index is 1.40. The number of hydrogen-bond donors (Lipinski definition) is 1. The summed E-state index contributed by atoms with van der Waals surface area (Å²) >= 11 is 0. The summed E-state index contributed by atoms with van der Waals surface area (Å²) in [6.45, 7) is 2.73. The predicted molar refractivity (Wildman–Crippen MR) is 93.9 cm³/mol. The van der Waals surface area contributed by atoms with Gasteiger partial charge in [0.15, 0.2) is 0 Å². The highest BCUT2D eigenvalue weighted by Gasteiger charge is 2.50. The van der Waals surface area contributed by atoms with Crippen LogP contribution in [0.15, 0.2) is 48.5 Å². The lowest BCUT2D eigenvalue weighted by Crippen LogP contribution is -2.31. The van der Waals surface area contributed by atoms with E-state index in [1.54, 1.807) is 0 Å². The lowest BCUT2D eigenvalue weighted by Gasteiger charge is -2.17. The van der Waals surface area contributed by atoms with E-state index in [0.717, 1.165) is 29.9 Å². The number of anilines is 2. The summed E-state index contributed by atoms with van der Waals surface area (Å²) in [7, 11) is 0. The summed E-state index contributed by atoms with van der Waals surface area (Å²) in [6.07, 6.45) is 1.55. The van der Waals surface area contributed by atoms with Gasteiger partial charge in [0.1, 0.15) is 0 Å². The van der Waals surface area contributed by atoms with Gasteiger partial charge in [-0.05, 0) is 43.5 Å². The summed E-state index contributed by atoms with van der Waals surface area (Å²) < 4.78 is 0. The number of aryl methyl sites for hydroxylation is 1. The van der Waals surface area contributed by atoms with Gasteiger partial charge in [0.05, 0.1) is 11.8 Å². The summed E-state index contributed by atoms with van der Waals surface area (Å²) in [6, 6.07) is 15.7. The minimum Gasteiger partial charge on any atom is -0.326 e. The van der Waals surface area contributed by atoms with Gasteiger partial charge in [-0.2, -0.15) is 0 Å². The third-order valence-corrected chi connectivity index (χ3v) is 4.92. The number of carbonyl (C=O) groups excluding carboxylic acids is 2. The molecule has 0 spiro atoms. The van der Waals surface area contributed by atoms with E-state index in [9.17, 15) is 9.59 Å². The number of rotatable bonds is 3. The van der Waals surface area contributed by atoms with E-state index in [1.807, 2.05) is 54.3 Å². The molecule has 24 heavy (non-hydrogen) atoms. The summed E-state index contributed by atoms with van der Waals surface area (Å²) in [4.78, 5) is 26.9. The largest absolute Gasteiger partial charge is 0.326 e. The molecule has 2 aliphatic rings. The first-order valence-electron chi connectivity index (χ1n) is 8.40. The van der Waals surface area contributed by atoms with Gasteiger partial charge in [-0.1, -0.05) is 35.9 Å². The summed E-state index contributed by atoms with van der Waals surface area (Å²) in [5, 5.41) is 2.92. The van der Waals surface area contributed by atoms with Crippen LogP contribution in [0.5, 0.6) is 0 Å². The normalized spacial score (nSPS) is 21.3. The molecule has 0 saturated heterocycles. The third kappa shape index (κ3) is 2.68. The van der Waals surface area contributed by atoms with Crippen LogP contribution in [-0.2, 0) is 16.0 Å². The van der Waals surface area contributed by atoms with E-state index < -0.39 is 0 Å². The Labute approximate surface area is 141 Å². The molecule has 0 aromatic heterocycles. The van der Waals surface area contributed by atoms with Crippen molar-refractivity contribution in [1.29, 1.82) is 0 Å². The standard InChI is InChI=1S/C20H20N2O2/c1-13-6-8-15(9-7-13)21-19(23)16-12-17(16)20(24)22-11-10-14-4-2-3-5-18(14)22/h2-9,16-17H,10-12H2,1H3,(H,21,23). The first-order chi connectivity index (χ1) is 11.6. The molecule has 1 fully saturated rings. The average molecular weight is 320 g/mol. The Morgan fingerprint density at radius 3 is 2.58 bits per heavy atom. The number of para-hydroxylation sites is 1. The average Bonchev–Trinajstić information content (AvgIpc) is 3.29. The molecule has 4 rings (SSSR count). The van der Waals surface area contributed by atoms with Gasteiger partial charge in [-0.3, -0.25) is 9.59 Å². The van der Waals surface area contributed by atoms with Crippen LogP contribution in [0.25, 0.3) is 0 Å². The Morgan fingerprint density at radius 1 is 1.04 bits per heavy atom. The van der Waals surface area contributed by atoms with Crippen LogP contribution in [0.3, 0.4) is 0 Å². The van der Waals surface area contributed by atoms with Crippen LogP contribution in [-0.4, -0.2) is 18.4 Å². The van der Waals surface area contributed by atoms with Crippen LogP contribution in [0.4, 0.5) is 11.4 Å². The fraction of sp³-hybridized carbons (Fsp3) is 0.300. The van der Waals surface area contributed by atoms with E-state index in [-0.39, 0.29) is 23.7 Å². The van der Waals surface area contributed by atoms with Gasteiger partial charge in [0.25, 0.3) is 0 Å². The first kappa shape index (κ1) is 14.9. The molecular weight excluding hydrogens is 300 g/mol. The Bertz CT molecular complexity index is 798. The molecule has 2 aromatic rings. The molecule has 4 nitrogen and oxygen atoms in total. The number of fused-ring (bicyclic) bond motifs is 1. The zero-order chi connectivity index (χ0) is 16.7. The van der Waals surface area contributed by atoms with Gasteiger partial charge in [0.2, 0.25) is 11.8 Å². The van der Waals surface area contributed by atoms with Crippen molar-refractivity contribution in [3.8, 4) is 0 Å². The van der Waals surface area contributed by atoms with Crippen molar-refractivity contribution in [2.45, 2.75) is 19.8 Å². The van der Waals surface area contributed by atoms with E-state index in [1.165, 1.54) is 5.56 Å². The van der Waals surface area contributed by atoms with Gasteiger partial charge in [0, 0.05) is 17.9 Å². The van der Waals surface area contributed by atoms with Crippen LogP contribution in [0.2, 0.25) is 0 Å². The minimum absolute atomic E-state index is 0.0512. The topological polar surface area (TPSA) is 49.4 Å². The minimum atomic E-state index is -0.202. The van der Waals surface area contributed by atoms with Crippen molar-refractivity contribution in [3.63, 3.8) is 0 Å². The lowest BCUT2D eigenvalue weighted by atomic mass is 10.2. The summed E-state index contributed by atoms with van der Waals surface area (Å²) in [5.41, 5.74) is 4.16. The van der Waals surface area contributed by atoms with Gasteiger partial charge in [-0.15, -0.1) is 0 Å². The van der Waals surface area contributed by atoms with E-state index in [4.69, 9.17) is 0 Å². The van der Waals surface area contributed by atoms with Crippen LogP contribution >= 0.6 is 0 Å². The fourth-order valence-electron chi connectivity index (χ4n) is 3.40. The van der Waals surface area contributed by atoms with Crippen molar-refractivity contribution in [2.75, 3.05) is 16.8 Å². The molecule has 1 N–H and O–H groups in total. The van der Waals surface area contributed by atoms with Crippen molar-refractivity contribution in [1.82, 2.24) is 0 Å². The van der Waals surface area contributed by atoms with Crippen LogP contribution in [0.1, 0.15) is 17.5 Å². The molecule has 2 atom stereocenters. The molecule has 1 saturated carbocycles. The van der Waals surface area contributed by atoms with Crippen molar-refractivity contribution < 1.29 is 9.59 Å². The van der Waals surface area contributed by atoms with E-state index >= 15 is 0 Å². The first-order valence-corrected chi connectivity index (χ1v) is 8.40. The number of amides is 2. The Morgan fingerprint density at radius 2 is 1.79 bits per heavy atom. The predicted octanol–water partition coefficient (Wildman–Crippen LogP) is 3.16. The second-order valence-electron chi connectivity index (χ2n) is 6.67. The lowest BCUT2D eigenvalue weighted by molar-refractivity contribution is -0.123. The van der Waals surface area contributed by atoms with Crippen molar-refractivity contribution in [2.24, 2.45) is 11.8 Å². The monoisotopic (exact) mass is 320 g/mol. The van der Waals surface area contributed by atoms with Gasteiger partial charge >= 0.3 is 0 Å². The zero-order valence-corrected chi connectivity index (χ0v) is 13.7. The molecule has 1 aliphatic carbocycles. The quantitative estimate of drug-likeness (QED) is 0.944. The van der Waals surface area contributed by atoms with Gasteiger partial charge < -0.3 is 10.2 Å². The molecule has 2 aromatic carbocycles. The smallest absolute Gasteiger partial charge is 0.230 e. The number of nitrogens with zero attached hydrogens (tertiary/aromatic N) is 1. The molecule has 4 heteroatoms. The van der Waals surface area contributed by atoms with Gasteiger partial charge in [-0.25, -0.2) is 0 Å². The van der Waals surface area contributed by atoms with Crippen LogP contribution < -0.4 is 10.2 Å². The SMILES string of the molecule is Cc1ccc(NC(=O)C2CC2C(=O)N2CCc3ccccc32)cc1. The fourth-order valence-corrected chi connectivity index (χ4v) is 3.40. The zero-order valence-electron chi connectivity index (χ0n) is 13.7. The van der Waals surface area contributed by atoms with Crippen LogP contribution in [0, 0.1) is 18.8 Å². The number of nitrogens with one attached hydrogen (secondary N) is 1. The number of benzene rings is 2. The highest BCUT2D eigenvalue weighted by atomic mass is 16.2. The highest BCUT2D eigenvalue weighted by Crippen LogP contribution is 2.43. The second-order valence-corrected chi connectivity index (χ2v) is 6.67. The maximum Gasteiger partial charge on any atom is 0.230 e. The molecule has 2 amide bonds. The Kier molecular flexibility index (Phi) is 3.60. The third-order valence-electron chi connectivity index (χ3n) is 4.92. The summed E-state index contributed by atoms with van der Waals surface area (Å²) in [5.74, 6) is -0.345.